The second-order valence-electron chi connectivity index (χ2n) is 3.59. The van der Waals surface area contributed by atoms with Gasteiger partial charge in [-0.15, -0.1) is 0 Å². The van der Waals surface area contributed by atoms with Crippen LogP contribution in [0.15, 0.2) is 30.3 Å². The summed E-state index contributed by atoms with van der Waals surface area (Å²) >= 11 is 0. The van der Waals surface area contributed by atoms with Crippen LogP contribution in [-0.2, 0) is 0 Å². The molecule has 3 N–H and O–H groups in total. The van der Waals surface area contributed by atoms with Crippen LogP contribution >= 0.6 is 0 Å². The third-order valence-corrected chi connectivity index (χ3v) is 2.36. The normalized spacial score (nSPS) is 12.4. The van der Waals surface area contributed by atoms with E-state index < -0.39 is 0 Å². The predicted molar refractivity (Wildman–Crippen MR) is 60.8 cm³/mol. The van der Waals surface area contributed by atoms with E-state index in [1.165, 1.54) is 0 Å². The molecule has 0 fully saturated rings. The minimum atomic E-state index is 0.168. The number of nitrogens with two attached hydrogens (primary N) is 1. The monoisotopic (exact) mass is 209 g/mol. The van der Waals surface area contributed by atoms with E-state index in [0.717, 1.165) is 18.6 Å². The van der Waals surface area contributed by atoms with Gasteiger partial charge in [-0.05, 0) is 37.4 Å². The van der Waals surface area contributed by atoms with Gasteiger partial charge in [-0.3, -0.25) is 0 Å². The molecule has 15 heavy (non-hydrogen) atoms. The van der Waals surface area contributed by atoms with Crippen LogP contribution in [0.5, 0.6) is 5.75 Å². The van der Waals surface area contributed by atoms with Crippen LogP contribution in [-0.4, -0.2) is 24.9 Å². The number of aliphatic hydroxyl groups is 1. The maximum Gasteiger partial charge on any atom is 0.119 e. The SMILES string of the molecule is NCC(CO)CCCOc1ccccc1. The van der Waals surface area contributed by atoms with Crippen molar-refractivity contribution in [3.05, 3.63) is 30.3 Å². The Morgan fingerprint density at radius 2 is 2.00 bits per heavy atom. The minimum Gasteiger partial charge on any atom is -0.494 e. The molecule has 0 aromatic heterocycles. The highest BCUT2D eigenvalue weighted by Gasteiger charge is 2.03. The average Bonchev–Trinajstić information content (AvgIpc) is 2.31. The first-order chi connectivity index (χ1) is 7.36. The molecule has 1 atom stereocenters. The summed E-state index contributed by atoms with van der Waals surface area (Å²) in [6, 6.07) is 9.74. The minimum absolute atomic E-state index is 0.168. The quantitative estimate of drug-likeness (QED) is 0.668. The summed E-state index contributed by atoms with van der Waals surface area (Å²) in [4.78, 5) is 0. The summed E-state index contributed by atoms with van der Waals surface area (Å²) in [5.74, 6) is 1.11. The Kier molecular flexibility index (Phi) is 5.81. The van der Waals surface area contributed by atoms with Gasteiger partial charge in [-0.25, -0.2) is 0 Å². The molecule has 3 heteroatoms. The molecule has 0 radical (unpaired) electrons. The highest BCUT2D eigenvalue weighted by atomic mass is 16.5. The Hall–Kier alpha value is -1.06. The molecule has 0 aliphatic rings. The summed E-state index contributed by atoms with van der Waals surface area (Å²) in [5.41, 5.74) is 5.48. The molecule has 1 rings (SSSR count). The Balaban J connectivity index is 2.12. The number of para-hydroxylation sites is 1. The largest absolute Gasteiger partial charge is 0.494 e. The Morgan fingerprint density at radius 3 is 2.60 bits per heavy atom. The van der Waals surface area contributed by atoms with Crippen molar-refractivity contribution in [1.82, 2.24) is 0 Å². The number of benzene rings is 1. The standard InChI is InChI=1S/C12H19NO2/c13-9-11(10-14)5-4-8-15-12-6-2-1-3-7-12/h1-3,6-7,11,14H,4-5,8-10,13H2. The molecule has 0 aliphatic heterocycles. The van der Waals surface area contributed by atoms with Gasteiger partial charge < -0.3 is 15.6 Å². The van der Waals surface area contributed by atoms with Gasteiger partial charge in [0.15, 0.2) is 0 Å². The van der Waals surface area contributed by atoms with Crippen molar-refractivity contribution < 1.29 is 9.84 Å². The van der Waals surface area contributed by atoms with E-state index in [0.29, 0.717) is 13.2 Å². The van der Waals surface area contributed by atoms with Gasteiger partial charge in [0.1, 0.15) is 5.75 Å². The Bertz CT molecular complexity index is 247. The van der Waals surface area contributed by atoms with E-state index in [9.17, 15) is 0 Å². The molecular weight excluding hydrogens is 190 g/mol. The van der Waals surface area contributed by atoms with Crippen molar-refractivity contribution in [2.75, 3.05) is 19.8 Å². The van der Waals surface area contributed by atoms with Gasteiger partial charge in [0.25, 0.3) is 0 Å². The molecular formula is C12H19NO2. The van der Waals surface area contributed by atoms with E-state index in [1.807, 2.05) is 30.3 Å². The zero-order valence-corrected chi connectivity index (χ0v) is 8.93. The highest BCUT2D eigenvalue weighted by molar-refractivity contribution is 5.20. The molecule has 0 amide bonds. The molecule has 1 aromatic carbocycles. The fourth-order valence-corrected chi connectivity index (χ4v) is 1.36. The van der Waals surface area contributed by atoms with Crippen molar-refractivity contribution in [3.8, 4) is 5.75 Å². The van der Waals surface area contributed by atoms with Gasteiger partial charge in [0, 0.05) is 6.61 Å². The van der Waals surface area contributed by atoms with Gasteiger partial charge in [0.2, 0.25) is 0 Å². The van der Waals surface area contributed by atoms with Crippen LogP contribution in [0.25, 0.3) is 0 Å². The van der Waals surface area contributed by atoms with Crippen LogP contribution in [0.3, 0.4) is 0 Å². The summed E-state index contributed by atoms with van der Waals surface area (Å²) in [7, 11) is 0. The topological polar surface area (TPSA) is 55.5 Å². The van der Waals surface area contributed by atoms with Crippen LogP contribution in [0.4, 0.5) is 0 Å². The van der Waals surface area contributed by atoms with Crippen LogP contribution in [0.1, 0.15) is 12.8 Å². The van der Waals surface area contributed by atoms with Crippen molar-refractivity contribution >= 4 is 0 Å². The van der Waals surface area contributed by atoms with Crippen molar-refractivity contribution in [1.29, 1.82) is 0 Å². The predicted octanol–water partition coefficient (Wildman–Crippen LogP) is 1.41. The average molecular weight is 209 g/mol. The molecule has 1 unspecified atom stereocenters. The first-order valence-electron chi connectivity index (χ1n) is 5.35. The van der Waals surface area contributed by atoms with Gasteiger partial charge in [-0.1, -0.05) is 18.2 Å². The first kappa shape index (κ1) is 12.0. The summed E-state index contributed by atoms with van der Waals surface area (Å²) in [6.07, 6.45) is 1.84. The van der Waals surface area contributed by atoms with Crippen LogP contribution < -0.4 is 10.5 Å². The molecule has 3 nitrogen and oxygen atoms in total. The lowest BCUT2D eigenvalue weighted by Gasteiger charge is -2.11. The molecule has 84 valence electrons. The number of hydrogen-bond donors (Lipinski definition) is 2. The third kappa shape index (κ3) is 4.81. The lowest BCUT2D eigenvalue weighted by Crippen LogP contribution is -2.18. The summed E-state index contributed by atoms with van der Waals surface area (Å²) in [5, 5.41) is 8.92. The number of rotatable bonds is 7. The first-order valence-corrected chi connectivity index (χ1v) is 5.35. The Labute approximate surface area is 90.9 Å². The van der Waals surface area contributed by atoms with Gasteiger partial charge in [-0.2, -0.15) is 0 Å². The maximum atomic E-state index is 8.92. The smallest absolute Gasteiger partial charge is 0.119 e. The molecule has 1 aromatic rings. The van der Waals surface area contributed by atoms with Gasteiger partial charge in [0.05, 0.1) is 6.61 Å². The fraction of sp³-hybridized carbons (Fsp3) is 0.500. The fourth-order valence-electron chi connectivity index (χ4n) is 1.36. The molecule has 0 aliphatic carbocycles. The Morgan fingerprint density at radius 1 is 1.27 bits per heavy atom. The zero-order chi connectivity index (χ0) is 10.9. The van der Waals surface area contributed by atoms with Crippen molar-refractivity contribution in [3.63, 3.8) is 0 Å². The highest BCUT2D eigenvalue weighted by Crippen LogP contribution is 2.10. The molecule has 0 saturated carbocycles. The molecule has 0 heterocycles. The number of ether oxygens (including phenoxy) is 1. The number of hydrogen-bond acceptors (Lipinski definition) is 3. The zero-order valence-electron chi connectivity index (χ0n) is 8.93. The van der Waals surface area contributed by atoms with E-state index >= 15 is 0 Å². The number of aliphatic hydroxyl groups excluding tert-OH is 1. The lowest BCUT2D eigenvalue weighted by atomic mass is 10.1. The summed E-state index contributed by atoms with van der Waals surface area (Å²) in [6.45, 7) is 1.39. The maximum absolute atomic E-state index is 8.92. The van der Waals surface area contributed by atoms with Crippen LogP contribution in [0.2, 0.25) is 0 Å². The van der Waals surface area contributed by atoms with Crippen LogP contribution in [0, 0.1) is 5.92 Å². The molecule has 0 saturated heterocycles. The summed E-state index contributed by atoms with van der Waals surface area (Å²) < 4.78 is 5.52. The van der Waals surface area contributed by atoms with Crippen molar-refractivity contribution in [2.24, 2.45) is 11.7 Å². The second-order valence-corrected chi connectivity index (χ2v) is 3.59. The van der Waals surface area contributed by atoms with Crippen molar-refractivity contribution in [2.45, 2.75) is 12.8 Å². The second kappa shape index (κ2) is 7.26. The van der Waals surface area contributed by atoms with E-state index in [2.05, 4.69) is 0 Å². The lowest BCUT2D eigenvalue weighted by molar-refractivity contribution is 0.209. The van der Waals surface area contributed by atoms with E-state index in [-0.39, 0.29) is 12.5 Å². The third-order valence-electron chi connectivity index (χ3n) is 2.36. The van der Waals surface area contributed by atoms with E-state index in [1.54, 1.807) is 0 Å². The molecule has 0 spiro atoms. The van der Waals surface area contributed by atoms with E-state index in [4.69, 9.17) is 15.6 Å². The van der Waals surface area contributed by atoms with Gasteiger partial charge >= 0.3 is 0 Å². The molecule has 0 bridgehead atoms.